The third-order valence-electron chi connectivity index (χ3n) is 6.83. The van der Waals surface area contributed by atoms with Gasteiger partial charge in [-0.3, -0.25) is 19.2 Å². The summed E-state index contributed by atoms with van der Waals surface area (Å²) in [4.78, 5) is 50.0. The monoisotopic (exact) mass is 588 g/mol. The lowest BCUT2D eigenvalue weighted by Gasteiger charge is -2.47. The molecule has 2 bridgehead atoms. The molecule has 10 nitrogen and oxygen atoms in total. The molecule has 2 fully saturated rings. The maximum absolute atomic E-state index is 13.6. The van der Waals surface area contributed by atoms with Crippen LogP contribution in [0.5, 0.6) is 11.5 Å². The molecule has 0 radical (unpaired) electrons. The molecule has 0 saturated heterocycles. The van der Waals surface area contributed by atoms with Crippen molar-refractivity contribution >= 4 is 29.2 Å². The van der Waals surface area contributed by atoms with E-state index in [1.54, 1.807) is 0 Å². The van der Waals surface area contributed by atoms with Gasteiger partial charge in [0, 0.05) is 24.6 Å². The summed E-state index contributed by atoms with van der Waals surface area (Å²) in [5, 5.41) is 8.83. The van der Waals surface area contributed by atoms with Gasteiger partial charge in [0.25, 0.3) is 17.4 Å². The van der Waals surface area contributed by atoms with Crippen LogP contribution >= 0.6 is 11.6 Å². The molecule has 40 heavy (non-hydrogen) atoms. The fraction of sp³-hybridized carbons (Fsp3) is 0.480. The van der Waals surface area contributed by atoms with Crippen LogP contribution in [-0.4, -0.2) is 58.3 Å². The molecule has 3 unspecified atom stereocenters. The Labute approximate surface area is 230 Å². The number of carbonyl (C=O) groups excluding carboxylic acids is 3. The molecule has 2 aliphatic carbocycles. The van der Waals surface area contributed by atoms with E-state index in [2.05, 4.69) is 15.7 Å². The SMILES string of the molecule is O=C(COc1ccc(Cl)c(F)c1)NC1CC(=O)C2(NC(=O)COc3cnn(CC(F)(F)F)c(=O)c3)CCCC1C2. The minimum absolute atomic E-state index is 0.0194. The van der Waals surface area contributed by atoms with Gasteiger partial charge in [-0.15, -0.1) is 0 Å². The van der Waals surface area contributed by atoms with Gasteiger partial charge in [0.15, 0.2) is 19.0 Å². The maximum Gasteiger partial charge on any atom is 0.408 e. The van der Waals surface area contributed by atoms with E-state index in [4.69, 9.17) is 21.1 Å². The molecule has 1 aromatic carbocycles. The van der Waals surface area contributed by atoms with Gasteiger partial charge < -0.3 is 20.1 Å². The molecule has 2 saturated carbocycles. The highest BCUT2D eigenvalue weighted by Crippen LogP contribution is 2.41. The number of ether oxygens (including phenoxy) is 2. The number of halogens is 5. The average Bonchev–Trinajstić information content (AvgIpc) is 2.88. The number of aromatic nitrogens is 2. The summed E-state index contributed by atoms with van der Waals surface area (Å²) in [5.74, 6) is -2.27. The van der Waals surface area contributed by atoms with Crippen LogP contribution in [0.2, 0.25) is 5.02 Å². The van der Waals surface area contributed by atoms with Crippen LogP contribution < -0.4 is 25.7 Å². The van der Waals surface area contributed by atoms with Gasteiger partial charge in [-0.2, -0.15) is 18.3 Å². The van der Waals surface area contributed by atoms with Gasteiger partial charge in [0.2, 0.25) is 0 Å². The van der Waals surface area contributed by atoms with Crippen molar-refractivity contribution in [2.75, 3.05) is 13.2 Å². The van der Waals surface area contributed by atoms with E-state index < -0.39 is 60.7 Å². The molecule has 3 atom stereocenters. The van der Waals surface area contributed by atoms with Crippen LogP contribution in [0.3, 0.4) is 0 Å². The zero-order valence-electron chi connectivity index (χ0n) is 20.9. The predicted octanol–water partition coefficient (Wildman–Crippen LogP) is 2.56. The summed E-state index contributed by atoms with van der Waals surface area (Å²) in [7, 11) is 0. The molecular formula is C25H25ClF4N4O6. The highest BCUT2D eigenvalue weighted by Gasteiger charge is 2.50. The minimum atomic E-state index is -4.63. The smallest absolute Gasteiger partial charge is 0.408 e. The zero-order chi connectivity index (χ0) is 29.1. The molecule has 1 aromatic heterocycles. The van der Waals surface area contributed by atoms with Gasteiger partial charge in [-0.1, -0.05) is 18.0 Å². The fourth-order valence-electron chi connectivity index (χ4n) is 5.03. The van der Waals surface area contributed by atoms with E-state index in [0.29, 0.717) is 19.3 Å². The van der Waals surface area contributed by atoms with Crippen molar-refractivity contribution in [1.29, 1.82) is 0 Å². The second kappa shape index (κ2) is 11.8. The Morgan fingerprint density at radius 2 is 1.85 bits per heavy atom. The van der Waals surface area contributed by atoms with E-state index >= 15 is 0 Å². The van der Waals surface area contributed by atoms with E-state index in [-0.39, 0.29) is 39.3 Å². The van der Waals surface area contributed by atoms with Crippen molar-refractivity contribution in [1.82, 2.24) is 20.4 Å². The van der Waals surface area contributed by atoms with Crippen LogP contribution in [0, 0.1) is 11.7 Å². The Kier molecular flexibility index (Phi) is 8.66. The Bertz CT molecular complexity index is 1350. The summed E-state index contributed by atoms with van der Waals surface area (Å²) < 4.78 is 61.8. The molecule has 0 spiro atoms. The first-order valence-electron chi connectivity index (χ1n) is 12.3. The lowest BCUT2D eigenvalue weighted by molar-refractivity contribution is -0.143. The number of fused-ring (bicyclic) bond motifs is 2. The number of benzene rings is 1. The van der Waals surface area contributed by atoms with Crippen molar-refractivity contribution in [3.8, 4) is 11.5 Å². The molecule has 2 amide bonds. The maximum atomic E-state index is 13.6. The topological polar surface area (TPSA) is 129 Å². The number of Topliss-reactive ketones (excluding diaryl/α,β-unsaturated/α-hetero) is 1. The van der Waals surface area contributed by atoms with Gasteiger partial charge in [-0.25, -0.2) is 9.07 Å². The zero-order valence-corrected chi connectivity index (χ0v) is 21.7. The van der Waals surface area contributed by atoms with Crippen molar-refractivity contribution in [2.24, 2.45) is 5.92 Å². The van der Waals surface area contributed by atoms with Crippen molar-refractivity contribution in [3.05, 3.63) is 51.7 Å². The Morgan fingerprint density at radius 1 is 1.12 bits per heavy atom. The third-order valence-corrected chi connectivity index (χ3v) is 7.13. The molecule has 2 N–H and O–H groups in total. The number of amides is 2. The average molecular weight is 589 g/mol. The second-order valence-corrected chi connectivity index (χ2v) is 10.2. The lowest BCUT2D eigenvalue weighted by atomic mass is 9.64. The molecule has 15 heteroatoms. The first-order valence-corrected chi connectivity index (χ1v) is 12.7. The normalized spacial score (nSPS) is 22.4. The molecule has 216 valence electrons. The predicted molar refractivity (Wildman–Crippen MR) is 131 cm³/mol. The number of carbonyl (C=O) groups is 3. The molecule has 2 aromatic rings. The highest BCUT2D eigenvalue weighted by atomic mass is 35.5. The number of rotatable bonds is 9. The second-order valence-electron chi connectivity index (χ2n) is 9.74. The van der Waals surface area contributed by atoms with Gasteiger partial charge >= 0.3 is 6.18 Å². The summed E-state index contributed by atoms with van der Waals surface area (Å²) >= 11 is 5.63. The van der Waals surface area contributed by atoms with Crippen molar-refractivity contribution in [2.45, 2.75) is 56.4 Å². The molecule has 0 aliphatic heterocycles. The van der Waals surface area contributed by atoms with E-state index in [9.17, 15) is 36.7 Å². The molecular weight excluding hydrogens is 564 g/mol. The lowest BCUT2D eigenvalue weighted by Crippen LogP contribution is -2.64. The third kappa shape index (κ3) is 7.29. The first-order chi connectivity index (χ1) is 18.8. The van der Waals surface area contributed by atoms with Crippen molar-refractivity contribution < 1.29 is 41.4 Å². The number of hydrogen-bond acceptors (Lipinski definition) is 7. The summed E-state index contributed by atoms with van der Waals surface area (Å²) in [6.45, 7) is -2.55. The summed E-state index contributed by atoms with van der Waals surface area (Å²) in [6.07, 6.45) is -1.73. The number of nitrogens with zero attached hydrogens (tertiary/aromatic N) is 2. The van der Waals surface area contributed by atoms with Crippen LogP contribution in [0.4, 0.5) is 17.6 Å². The Balaban J connectivity index is 1.29. The molecule has 1 heterocycles. The van der Waals surface area contributed by atoms with Crippen LogP contribution in [0.25, 0.3) is 0 Å². The van der Waals surface area contributed by atoms with Crippen LogP contribution in [-0.2, 0) is 20.9 Å². The van der Waals surface area contributed by atoms with E-state index in [0.717, 1.165) is 24.8 Å². The number of hydrogen-bond donors (Lipinski definition) is 2. The standard InChI is InChI=1S/C25H25ClF4N4O6/c26-17-4-3-15(6-18(17)27)39-11-21(36)32-19-8-20(35)24(5-1-2-14(19)9-24)33-22(37)12-40-16-7-23(38)34(31-10-16)13-25(28,29)30/h3-4,6-7,10,14,19H,1-2,5,8-9,11-13H2,(H,32,36)(H,33,37). The Morgan fingerprint density at radius 3 is 2.55 bits per heavy atom. The first kappa shape index (κ1) is 29.3. The van der Waals surface area contributed by atoms with Crippen LogP contribution in [0.1, 0.15) is 32.1 Å². The quantitative estimate of drug-likeness (QED) is 0.431. The summed E-state index contributed by atoms with van der Waals surface area (Å²) in [6, 6.07) is 4.09. The fourth-order valence-corrected chi connectivity index (χ4v) is 5.15. The van der Waals surface area contributed by atoms with Crippen molar-refractivity contribution in [3.63, 3.8) is 0 Å². The molecule has 4 rings (SSSR count). The number of nitrogens with one attached hydrogen (secondary N) is 2. The van der Waals surface area contributed by atoms with E-state index in [1.165, 1.54) is 12.1 Å². The van der Waals surface area contributed by atoms with Gasteiger partial charge in [0.05, 0.1) is 16.8 Å². The largest absolute Gasteiger partial charge is 0.484 e. The van der Waals surface area contributed by atoms with Gasteiger partial charge in [0.1, 0.15) is 23.9 Å². The van der Waals surface area contributed by atoms with Gasteiger partial charge in [-0.05, 0) is 37.3 Å². The van der Waals surface area contributed by atoms with Crippen LogP contribution in [0.15, 0.2) is 35.3 Å². The number of ketones is 1. The summed E-state index contributed by atoms with van der Waals surface area (Å²) in [5.41, 5.74) is -2.19. The van der Waals surface area contributed by atoms with E-state index in [1.807, 2.05) is 0 Å². The highest BCUT2D eigenvalue weighted by molar-refractivity contribution is 6.30. The Hall–Kier alpha value is -3.68. The minimum Gasteiger partial charge on any atom is -0.484 e. The molecule has 2 aliphatic rings. The number of alkyl halides is 3.